The van der Waals surface area contributed by atoms with Crippen LogP contribution in [0.4, 0.5) is 0 Å². The first-order valence-electron chi connectivity index (χ1n) is 8.96. The molecule has 0 fully saturated rings. The fourth-order valence-corrected chi connectivity index (χ4v) is 3.64. The van der Waals surface area contributed by atoms with Crippen molar-refractivity contribution in [2.24, 2.45) is 0 Å². The highest BCUT2D eigenvalue weighted by molar-refractivity contribution is 6.00. The van der Waals surface area contributed by atoms with Crippen LogP contribution in [0.5, 0.6) is 11.5 Å². The molecule has 2 N–H and O–H groups in total. The third-order valence-corrected chi connectivity index (χ3v) is 4.90. The molecular weight excluding hydrogens is 342 g/mol. The third-order valence-electron chi connectivity index (χ3n) is 4.90. The van der Waals surface area contributed by atoms with Crippen molar-refractivity contribution in [1.82, 2.24) is 15.1 Å². The number of hydrogen-bond acceptors (Lipinski definition) is 4. The number of amides is 1. The molecule has 138 valence electrons. The number of hydrogen-bond donors (Lipinski definition) is 2. The molecule has 27 heavy (non-hydrogen) atoms. The van der Waals surface area contributed by atoms with Crippen LogP contribution in [0.25, 0.3) is 11.3 Å². The van der Waals surface area contributed by atoms with Gasteiger partial charge in [0.15, 0.2) is 0 Å². The van der Waals surface area contributed by atoms with Gasteiger partial charge in [0, 0.05) is 17.7 Å². The molecule has 3 aromatic rings. The molecule has 1 aliphatic heterocycles. The molecule has 0 saturated carbocycles. The second-order valence-corrected chi connectivity index (χ2v) is 6.58. The van der Waals surface area contributed by atoms with Gasteiger partial charge in [0.1, 0.15) is 17.2 Å². The second kappa shape index (κ2) is 6.79. The summed E-state index contributed by atoms with van der Waals surface area (Å²) >= 11 is 0. The number of rotatable bonds is 5. The van der Waals surface area contributed by atoms with Gasteiger partial charge in [0.05, 0.1) is 18.8 Å². The van der Waals surface area contributed by atoms with Crippen molar-refractivity contribution >= 4 is 5.91 Å². The summed E-state index contributed by atoms with van der Waals surface area (Å²) in [5.74, 6) is 0.926. The Bertz CT molecular complexity index is 961. The van der Waals surface area contributed by atoms with Gasteiger partial charge in [-0.25, -0.2) is 0 Å². The highest BCUT2D eigenvalue weighted by Crippen LogP contribution is 2.43. The lowest BCUT2D eigenvalue weighted by atomic mass is 9.96. The van der Waals surface area contributed by atoms with Crippen LogP contribution in [0.15, 0.2) is 48.5 Å². The molecule has 1 aromatic heterocycles. The van der Waals surface area contributed by atoms with Crippen LogP contribution in [0.2, 0.25) is 0 Å². The molecular formula is C21H21N3O3. The van der Waals surface area contributed by atoms with Crippen LogP contribution in [-0.4, -0.2) is 39.8 Å². The molecule has 0 unspecified atom stereocenters. The second-order valence-electron chi connectivity index (χ2n) is 6.58. The van der Waals surface area contributed by atoms with E-state index in [-0.39, 0.29) is 17.7 Å². The van der Waals surface area contributed by atoms with Gasteiger partial charge in [-0.05, 0) is 48.4 Å². The van der Waals surface area contributed by atoms with Crippen molar-refractivity contribution in [3.8, 4) is 22.8 Å². The summed E-state index contributed by atoms with van der Waals surface area (Å²) in [4.78, 5) is 14.8. The molecule has 0 aliphatic carbocycles. The number of nitrogens with zero attached hydrogens (tertiary/aromatic N) is 2. The van der Waals surface area contributed by atoms with Crippen molar-refractivity contribution < 1.29 is 14.6 Å². The van der Waals surface area contributed by atoms with E-state index < -0.39 is 0 Å². The lowest BCUT2D eigenvalue weighted by Gasteiger charge is -2.26. The summed E-state index contributed by atoms with van der Waals surface area (Å²) in [5, 5.41) is 17.0. The van der Waals surface area contributed by atoms with E-state index in [1.54, 1.807) is 19.2 Å². The van der Waals surface area contributed by atoms with Crippen LogP contribution in [0.1, 0.15) is 41.0 Å². The van der Waals surface area contributed by atoms with E-state index >= 15 is 0 Å². The van der Waals surface area contributed by atoms with E-state index in [2.05, 4.69) is 17.1 Å². The maximum Gasteiger partial charge on any atom is 0.273 e. The maximum atomic E-state index is 13.0. The quantitative estimate of drug-likeness (QED) is 0.724. The molecule has 6 heteroatoms. The fraction of sp³-hybridized carbons (Fsp3) is 0.238. The molecule has 2 aromatic carbocycles. The topological polar surface area (TPSA) is 78.5 Å². The van der Waals surface area contributed by atoms with Crippen LogP contribution in [0, 0.1) is 0 Å². The van der Waals surface area contributed by atoms with Crippen LogP contribution in [-0.2, 0) is 0 Å². The van der Waals surface area contributed by atoms with E-state index in [4.69, 9.17) is 4.74 Å². The van der Waals surface area contributed by atoms with Gasteiger partial charge in [-0.1, -0.05) is 19.1 Å². The zero-order valence-electron chi connectivity index (χ0n) is 15.3. The number of benzene rings is 2. The number of aromatic amines is 1. The van der Waals surface area contributed by atoms with Crippen molar-refractivity contribution in [3.63, 3.8) is 0 Å². The summed E-state index contributed by atoms with van der Waals surface area (Å²) in [5.41, 5.74) is 4.04. The number of methoxy groups -OCH3 is 1. The minimum Gasteiger partial charge on any atom is -0.508 e. The minimum atomic E-state index is -0.232. The summed E-state index contributed by atoms with van der Waals surface area (Å²) in [6, 6.07) is 14.4. The first-order valence-corrected chi connectivity index (χ1v) is 8.96. The fourth-order valence-electron chi connectivity index (χ4n) is 3.64. The number of H-pyrrole nitrogens is 1. The molecule has 2 heterocycles. The van der Waals surface area contributed by atoms with E-state index in [0.29, 0.717) is 12.2 Å². The Labute approximate surface area is 157 Å². The zero-order valence-corrected chi connectivity index (χ0v) is 15.3. The van der Waals surface area contributed by atoms with Crippen molar-refractivity contribution in [2.45, 2.75) is 19.4 Å². The standard InChI is InChI=1S/C21H21N3O3/c1-3-12-24-20(14-4-8-15(25)9-5-14)17-18(22-23-19(17)21(24)26)13-6-10-16(27-2)11-7-13/h4-11,20,25H,3,12H2,1-2H3,(H,22,23)/t20-/m0/s1. The van der Waals surface area contributed by atoms with Gasteiger partial charge >= 0.3 is 0 Å². The van der Waals surface area contributed by atoms with Gasteiger partial charge in [0.2, 0.25) is 0 Å². The minimum absolute atomic E-state index is 0.0443. The number of fused-ring (bicyclic) bond motifs is 1. The predicted molar refractivity (Wildman–Crippen MR) is 102 cm³/mol. The Kier molecular flexibility index (Phi) is 4.32. The first-order chi connectivity index (χ1) is 13.1. The molecule has 6 nitrogen and oxygen atoms in total. The SMILES string of the molecule is CCCN1C(=O)c2[nH]nc(-c3ccc(OC)cc3)c2[C@@H]1c1ccc(O)cc1. The Balaban J connectivity index is 1.85. The monoisotopic (exact) mass is 363 g/mol. The molecule has 0 radical (unpaired) electrons. The van der Waals surface area contributed by atoms with E-state index in [1.807, 2.05) is 41.3 Å². The number of phenols is 1. The van der Waals surface area contributed by atoms with Crippen LogP contribution < -0.4 is 4.74 Å². The van der Waals surface area contributed by atoms with Gasteiger partial charge < -0.3 is 14.7 Å². The molecule has 1 aliphatic rings. The van der Waals surface area contributed by atoms with Crippen molar-refractivity contribution in [1.29, 1.82) is 0 Å². The van der Waals surface area contributed by atoms with Gasteiger partial charge in [-0.15, -0.1) is 0 Å². The lowest BCUT2D eigenvalue weighted by Crippen LogP contribution is -2.30. The average molecular weight is 363 g/mol. The molecule has 0 spiro atoms. The summed E-state index contributed by atoms with van der Waals surface area (Å²) < 4.78 is 5.23. The number of carbonyl (C=O) groups excluding carboxylic acids is 1. The Morgan fingerprint density at radius 2 is 1.85 bits per heavy atom. The third kappa shape index (κ3) is 2.83. The number of ether oxygens (including phenoxy) is 1. The van der Waals surface area contributed by atoms with Crippen molar-refractivity contribution in [3.05, 3.63) is 65.4 Å². The average Bonchev–Trinajstić information content (AvgIpc) is 3.23. The number of carbonyl (C=O) groups is 1. The van der Waals surface area contributed by atoms with Crippen LogP contribution in [0.3, 0.4) is 0 Å². The Hall–Kier alpha value is -3.28. The predicted octanol–water partition coefficient (Wildman–Crippen LogP) is 3.75. The number of aromatic hydroxyl groups is 1. The maximum absolute atomic E-state index is 13.0. The lowest BCUT2D eigenvalue weighted by molar-refractivity contribution is 0.0744. The Morgan fingerprint density at radius 3 is 2.48 bits per heavy atom. The smallest absolute Gasteiger partial charge is 0.273 e. The van der Waals surface area contributed by atoms with Gasteiger partial charge in [0.25, 0.3) is 5.91 Å². The van der Waals surface area contributed by atoms with Gasteiger partial charge in [-0.2, -0.15) is 5.10 Å². The summed E-state index contributed by atoms with van der Waals surface area (Å²) in [6.07, 6.45) is 0.857. The number of aromatic nitrogens is 2. The highest BCUT2D eigenvalue weighted by atomic mass is 16.5. The number of phenolic OH excluding ortho intramolecular Hbond substituents is 1. The van der Waals surface area contributed by atoms with Crippen molar-refractivity contribution in [2.75, 3.05) is 13.7 Å². The largest absolute Gasteiger partial charge is 0.508 e. The summed E-state index contributed by atoms with van der Waals surface area (Å²) in [6.45, 7) is 2.70. The van der Waals surface area contributed by atoms with E-state index in [9.17, 15) is 9.90 Å². The van der Waals surface area contributed by atoms with E-state index in [1.165, 1.54) is 0 Å². The summed E-state index contributed by atoms with van der Waals surface area (Å²) in [7, 11) is 1.63. The first kappa shape index (κ1) is 17.1. The normalized spacial score (nSPS) is 15.9. The molecule has 4 rings (SSSR count). The molecule has 1 amide bonds. The van der Waals surface area contributed by atoms with Gasteiger partial charge in [-0.3, -0.25) is 9.89 Å². The molecule has 0 saturated heterocycles. The van der Waals surface area contributed by atoms with E-state index in [0.717, 1.165) is 34.6 Å². The van der Waals surface area contributed by atoms with Crippen LogP contribution >= 0.6 is 0 Å². The Morgan fingerprint density at radius 1 is 1.15 bits per heavy atom. The molecule has 0 bridgehead atoms. The zero-order chi connectivity index (χ0) is 19.0. The molecule has 1 atom stereocenters. The highest BCUT2D eigenvalue weighted by Gasteiger charge is 2.41. The number of nitrogens with one attached hydrogen (secondary N) is 1.